The Kier molecular flexibility index (Phi) is 4.76. The first-order valence-electron chi connectivity index (χ1n) is 5.37. The van der Waals surface area contributed by atoms with E-state index in [1.165, 1.54) is 6.07 Å². The second-order valence-corrected chi connectivity index (χ2v) is 6.51. The maximum atomic E-state index is 9.74. The number of hydrogen-bond donors (Lipinski definition) is 3. The summed E-state index contributed by atoms with van der Waals surface area (Å²) in [5, 5.41) is 22.4. The van der Waals surface area contributed by atoms with Crippen LogP contribution in [-0.2, 0) is 6.54 Å². The van der Waals surface area contributed by atoms with Crippen molar-refractivity contribution in [1.82, 2.24) is 0 Å². The Bertz CT molecular complexity index is 594. The summed E-state index contributed by atoms with van der Waals surface area (Å²) >= 11 is 10.3. The number of rotatable bonds is 3. The Balaban J connectivity index is 2.22. The molecule has 0 saturated carbocycles. The lowest BCUT2D eigenvalue weighted by atomic mass is 10.2. The zero-order valence-electron chi connectivity index (χ0n) is 9.62. The van der Waals surface area contributed by atoms with Crippen LogP contribution >= 0.6 is 47.8 Å². The van der Waals surface area contributed by atoms with Crippen molar-refractivity contribution in [1.29, 1.82) is 0 Å². The van der Waals surface area contributed by atoms with Gasteiger partial charge in [0.2, 0.25) is 0 Å². The molecule has 6 heteroatoms. The maximum absolute atomic E-state index is 9.74. The van der Waals surface area contributed by atoms with Gasteiger partial charge in [-0.15, -0.1) is 0 Å². The molecule has 0 atom stereocenters. The van der Waals surface area contributed by atoms with Crippen molar-refractivity contribution in [3.05, 3.63) is 49.3 Å². The lowest BCUT2D eigenvalue weighted by Crippen LogP contribution is -2.01. The second-order valence-electron chi connectivity index (χ2n) is 3.88. The van der Waals surface area contributed by atoms with E-state index < -0.39 is 0 Å². The van der Waals surface area contributed by atoms with Crippen LogP contribution in [0.15, 0.2) is 43.7 Å². The standard InChI is InChI=1S/C13H10Br3NO2/c14-8-4-9(15)12(10(16)5-8)17-6-7-2-1-3-11(18)13(7)19/h1-5,17-19H,6H2. The lowest BCUT2D eigenvalue weighted by molar-refractivity contribution is 0.400. The van der Waals surface area contributed by atoms with Crippen molar-refractivity contribution in [2.45, 2.75) is 6.54 Å². The first kappa shape index (κ1) is 14.7. The zero-order chi connectivity index (χ0) is 14.0. The molecule has 0 amide bonds. The molecule has 0 unspecified atom stereocenters. The molecule has 0 bridgehead atoms. The third-order valence-electron chi connectivity index (χ3n) is 2.56. The zero-order valence-corrected chi connectivity index (χ0v) is 14.4. The number of hydrogen-bond acceptors (Lipinski definition) is 3. The van der Waals surface area contributed by atoms with Gasteiger partial charge in [-0.25, -0.2) is 0 Å². The van der Waals surface area contributed by atoms with Crippen LogP contribution in [0.3, 0.4) is 0 Å². The molecule has 0 spiro atoms. The Morgan fingerprint density at radius 3 is 2.26 bits per heavy atom. The van der Waals surface area contributed by atoms with Crippen molar-refractivity contribution >= 4 is 53.5 Å². The number of para-hydroxylation sites is 1. The molecule has 0 saturated heterocycles. The van der Waals surface area contributed by atoms with Gasteiger partial charge in [-0.2, -0.15) is 0 Å². The van der Waals surface area contributed by atoms with Crippen molar-refractivity contribution in [2.75, 3.05) is 5.32 Å². The van der Waals surface area contributed by atoms with E-state index in [0.29, 0.717) is 12.1 Å². The molecule has 0 aliphatic rings. The predicted molar refractivity (Wildman–Crippen MR) is 86.6 cm³/mol. The molecule has 0 aliphatic heterocycles. The van der Waals surface area contributed by atoms with Gasteiger partial charge in [0.05, 0.1) is 5.69 Å². The van der Waals surface area contributed by atoms with E-state index in [-0.39, 0.29) is 11.5 Å². The Labute approximate surface area is 136 Å². The van der Waals surface area contributed by atoms with E-state index in [1.807, 2.05) is 12.1 Å². The number of halogens is 3. The number of aromatic hydroxyl groups is 2. The van der Waals surface area contributed by atoms with E-state index in [1.54, 1.807) is 12.1 Å². The SMILES string of the molecule is Oc1cccc(CNc2c(Br)cc(Br)cc2Br)c1O. The van der Waals surface area contributed by atoms with Crippen LogP contribution in [0.1, 0.15) is 5.56 Å². The molecule has 0 aromatic heterocycles. The Hall–Kier alpha value is -0.720. The minimum Gasteiger partial charge on any atom is -0.504 e. The van der Waals surface area contributed by atoms with Gasteiger partial charge in [-0.3, -0.25) is 0 Å². The third kappa shape index (κ3) is 3.43. The summed E-state index contributed by atoms with van der Waals surface area (Å²) in [5.41, 5.74) is 1.51. The largest absolute Gasteiger partial charge is 0.504 e. The van der Waals surface area contributed by atoms with Crippen molar-refractivity contribution in [3.8, 4) is 11.5 Å². The molecule has 0 aliphatic carbocycles. The van der Waals surface area contributed by atoms with E-state index in [2.05, 4.69) is 53.1 Å². The summed E-state index contributed by atoms with van der Waals surface area (Å²) in [6.45, 7) is 0.402. The fourth-order valence-corrected chi connectivity index (χ4v) is 4.15. The van der Waals surface area contributed by atoms with E-state index in [4.69, 9.17) is 0 Å². The van der Waals surface area contributed by atoms with Crippen LogP contribution in [0.2, 0.25) is 0 Å². The molecule has 3 nitrogen and oxygen atoms in total. The van der Waals surface area contributed by atoms with Gasteiger partial charge < -0.3 is 15.5 Å². The van der Waals surface area contributed by atoms with Crippen LogP contribution in [0.4, 0.5) is 5.69 Å². The molecule has 3 N–H and O–H groups in total. The summed E-state index contributed by atoms with van der Waals surface area (Å²) in [4.78, 5) is 0. The van der Waals surface area contributed by atoms with Crippen LogP contribution in [0.5, 0.6) is 11.5 Å². The summed E-state index contributed by atoms with van der Waals surface area (Å²) < 4.78 is 2.75. The van der Waals surface area contributed by atoms with Gasteiger partial charge in [0, 0.05) is 25.5 Å². The van der Waals surface area contributed by atoms with Gasteiger partial charge in [-0.1, -0.05) is 28.1 Å². The highest BCUT2D eigenvalue weighted by Crippen LogP contribution is 2.35. The summed E-state index contributed by atoms with van der Waals surface area (Å²) in [6.07, 6.45) is 0. The molecule has 2 aromatic carbocycles. The van der Waals surface area contributed by atoms with Gasteiger partial charge >= 0.3 is 0 Å². The summed E-state index contributed by atoms with van der Waals surface area (Å²) in [5.74, 6) is -0.215. The van der Waals surface area contributed by atoms with Crippen LogP contribution in [0.25, 0.3) is 0 Å². The molecule has 0 radical (unpaired) electrons. The Morgan fingerprint density at radius 1 is 1.00 bits per heavy atom. The predicted octanol–water partition coefficient (Wildman–Crippen LogP) is 5.00. The normalized spacial score (nSPS) is 10.5. The minimum absolute atomic E-state index is 0.0978. The highest BCUT2D eigenvalue weighted by atomic mass is 79.9. The topological polar surface area (TPSA) is 52.5 Å². The molecule has 0 fully saturated rings. The first-order valence-corrected chi connectivity index (χ1v) is 7.75. The number of phenolic OH excluding ortho intramolecular Hbond substituents is 2. The fourth-order valence-electron chi connectivity index (χ4n) is 1.62. The highest BCUT2D eigenvalue weighted by Gasteiger charge is 2.09. The molecule has 2 rings (SSSR count). The number of anilines is 1. The van der Waals surface area contributed by atoms with Gasteiger partial charge in [0.25, 0.3) is 0 Å². The van der Waals surface area contributed by atoms with Crippen LogP contribution < -0.4 is 5.32 Å². The third-order valence-corrected chi connectivity index (χ3v) is 4.27. The average Bonchev–Trinajstić information content (AvgIpc) is 2.33. The second kappa shape index (κ2) is 6.15. The summed E-state index contributed by atoms with van der Waals surface area (Å²) in [7, 11) is 0. The van der Waals surface area contributed by atoms with E-state index in [9.17, 15) is 10.2 Å². The summed E-state index contributed by atoms with van der Waals surface area (Å²) in [6, 6.07) is 8.75. The molecule has 19 heavy (non-hydrogen) atoms. The molecule has 100 valence electrons. The van der Waals surface area contributed by atoms with Crippen LogP contribution in [-0.4, -0.2) is 10.2 Å². The monoisotopic (exact) mass is 449 g/mol. The van der Waals surface area contributed by atoms with Gasteiger partial charge in [0.1, 0.15) is 0 Å². The molecule has 0 heterocycles. The molecular formula is C13H10Br3NO2. The van der Waals surface area contributed by atoms with Crippen molar-refractivity contribution in [2.24, 2.45) is 0 Å². The molecule has 2 aromatic rings. The van der Waals surface area contributed by atoms with E-state index >= 15 is 0 Å². The quantitative estimate of drug-likeness (QED) is 0.576. The van der Waals surface area contributed by atoms with E-state index in [0.717, 1.165) is 19.1 Å². The highest BCUT2D eigenvalue weighted by molar-refractivity contribution is 9.11. The smallest absolute Gasteiger partial charge is 0.162 e. The number of phenols is 2. The van der Waals surface area contributed by atoms with Crippen LogP contribution in [0, 0.1) is 0 Å². The number of benzene rings is 2. The van der Waals surface area contributed by atoms with Gasteiger partial charge in [0.15, 0.2) is 11.5 Å². The minimum atomic E-state index is -0.117. The first-order chi connectivity index (χ1) is 8.99. The fraction of sp³-hybridized carbons (Fsp3) is 0.0769. The number of nitrogens with one attached hydrogen (secondary N) is 1. The lowest BCUT2D eigenvalue weighted by Gasteiger charge is -2.12. The van der Waals surface area contributed by atoms with Crippen molar-refractivity contribution < 1.29 is 10.2 Å². The van der Waals surface area contributed by atoms with Gasteiger partial charge in [-0.05, 0) is 50.1 Å². The average molecular weight is 452 g/mol. The Morgan fingerprint density at radius 2 is 1.63 bits per heavy atom. The maximum Gasteiger partial charge on any atom is 0.162 e. The van der Waals surface area contributed by atoms with Crippen molar-refractivity contribution in [3.63, 3.8) is 0 Å². The molecular weight excluding hydrogens is 442 g/mol.